The van der Waals surface area contributed by atoms with Crippen molar-refractivity contribution in [3.63, 3.8) is 0 Å². The monoisotopic (exact) mass is 372 g/mol. The highest BCUT2D eigenvalue weighted by Crippen LogP contribution is 2.35. The summed E-state index contributed by atoms with van der Waals surface area (Å²) in [5.74, 6) is 0.577. The maximum atomic E-state index is 10.9. The van der Waals surface area contributed by atoms with Gasteiger partial charge in [-0.25, -0.2) is 0 Å². The Morgan fingerprint density at radius 3 is 2.75 bits per heavy atom. The predicted molar refractivity (Wildman–Crippen MR) is 86.2 cm³/mol. The topological polar surface area (TPSA) is 69.2 Å². The van der Waals surface area contributed by atoms with E-state index >= 15 is 0 Å². The normalized spacial score (nSPS) is 10.5. The molecule has 104 valence electrons. The molecule has 0 heterocycles. The van der Waals surface area contributed by atoms with Crippen LogP contribution in [0.5, 0.6) is 0 Å². The molecular weight excluding hydrogens is 364 g/mol. The molecule has 2 N–H and O–H groups in total. The zero-order chi connectivity index (χ0) is 14.7. The molecule has 0 aliphatic carbocycles. The van der Waals surface area contributed by atoms with Crippen LogP contribution in [0.4, 0.5) is 11.4 Å². The average Bonchev–Trinajstić information content (AvgIpc) is 2.39. The molecule has 0 atom stereocenters. The Morgan fingerprint density at radius 2 is 2.10 bits per heavy atom. The third-order valence-corrected chi connectivity index (χ3v) is 4.90. The van der Waals surface area contributed by atoms with Gasteiger partial charge in [0, 0.05) is 27.4 Å². The van der Waals surface area contributed by atoms with Gasteiger partial charge >= 0.3 is 0 Å². The van der Waals surface area contributed by atoms with E-state index in [9.17, 15) is 10.1 Å². The van der Waals surface area contributed by atoms with E-state index in [1.165, 1.54) is 17.8 Å². The number of anilines is 1. The number of nitrogen functional groups attached to an aromatic ring is 1. The predicted octanol–water partition coefficient (Wildman–Crippen LogP) is 4.89. The summed E-state index contributed by atoms with van der Waals surface area (Å²) >= 11 is 10.6. The minimum absolute atomic E-state index is 0.0622. The molecule has 0 saturated heterocycles. The van der Waals surface area contributed by atoms with Gasteiger partial charge < -0.3 is 5.73 Å². The van der Waals surface area contributed by atoms with E-state index in [4.69, 9.17) is 17.3 Å². The van der Waals surface area contributed by atoms with Gasteiger partial charge in [-0.05, 0) is 39.7 Å². The van der Waals surface area contributed by atoms with E-state index in [0.717, 1.165) is 10.5 Å². The quantitative estimate of drug-likeness (QED) is 0.359. The first-order valence-electron chi connectivity index (χ1n) is 5.58. The Kier molecular flexibility index (Phi) is 4.91. The van der Waals surface area contributed by atoms with E-state index in [1.54, 1.807) is 18.2 Å². The number of thioether (sulfide) groups is 1. The van der Waals surface area contributed by atoms with Crippen molar-refractivity contribution < 1.29 is 4.92 Å². The van der Waals surface area contributed by atoms with Crippen LogP contribution in [-0.2, 0) is 5.75 Å². The van der Waals surface area contributed by atoms with Gasteiger partial charge in [-0.3, -0.25) is 10.1 Å². The second-order valence-corrected chi connectivity index (χ2v) is 6.22. The smallest absolute Gasteiger partial charge is 0.283 e. The Labute approximate surface area is 133 Å². The van der Waals surface area contributed by atoms with Crippen molar-refractivity contribution in [1.29, 1.82) is 0 Å². The molecule has 0 bridgehead atoms. The molecule has 0 saturated carbocycles. The third-order valence-electron chi connectivity index (χ3n) is 2.61. The Morgan fingerprint density at radius 1 is 1.35 bits per heavy atom. The van der Waals surface area contributed by atoms with Crippen LogP contribution >= 0.6 is 39.3 Å². The molecule has 0 amide bonds. The fraction of sp³-hybridized carbons (Fsp3) is 0.0769. The Balaban J connectivity index is 2.19. The molecule has 2 rings (SSSR count). The first kappa shape index (κ1) is 15.2. The van der Waals surface area contributed by atoms with E-state index in [-0.39, 0.29) is 5.69 Å². The van der Waals surface area contributed by atoms with Crippen molar-refractivity contribution in [3.05, 3.63) is 61.6 Å². The Hall–Kier alpha value is -1.24. The van der Waals surface area contributed by atoms with Crippen LogP contribution in [0.3, 0.4) is 0 Å². The summed E-state index contributed by atoms with van der Waals surface area (Å²) in [6.45, 7) is 0. The average molecular weight is 374 g/mol. The summed E-state index contributed by atoms with van der Waals surface area (Å²) in [7, 11) is 0. The van der Waals surface area contributed by atoms with Crippen LogP contribution < -0.4 is 5.73 Å². The number of hydrogen-bond donors (Lipinski definition) is 1. The van der Waals surface area contributed by atoms with E-state index < -0.39 is 4.92 Å². The van der Waals surface area contributed by atoms with Crippen LogP contribution in [0, 0.1) is 10.1 Å². The van der Waals surface area contributed by atoms with Gasteiger partial charge in [0.1, 0.15) is 0 Å². The van der Waals surface area contributed by atoms with Crippen molar-refractivity contribution in [2.75, 3.05) is 5.73 Å². The molecule has 7 heteroatoms. The Bertz CT molecular complexity index is 667. The van der Waals surface area contributed by atoms with Crippen molar-refractivity contribution in [1.82, 2.24) is 0 Å². The van der Waals surface area contributed by atoms with Gasteiger partial charge in [0.2, 0.25) is 0 Å². The molecule has 20 heavy (non-hydrogen) atoms. The molecule has 4 nitrogen and oxygen atoms in total. The van der Waals surface area contributed by atoms with Crippen LogP contribution in [0.1, 0.15) is 5.56 Å². The van der Waals surface area contributed by atoms with Crippen LogP contribution in [-0.4, -0.2) is 4.92 Å². The lowest BCUT2D eigenvalue weighted by molar-refractivity contribution is -0.385. The van der Waals surface area contributed by atoms with Crippen LogP contribution in [0.2, 0.25) is 5.02 Å². The SMILES string of the molecule is Nc1cc(Cl)ccc1SCc1cccc([N+](=O)[O-])c1Br. The highest BCUT2D eigenvalue weighted by molar-refractivity contribution is 9.10. The molecule has 0 spiro atoms. The zero-order valence-corrected chi connectivity index (χ0v) is 13.3. The number of nitrogens with zero attached hydrogens (tertiary/aromatic N) is 1. The van der Waals surface area contributed by atoms with Crippen molar-refractivity contribution >= 4 is 50.7 Å². The van der Waals surface area contributed by atoms with Gasteiger partial charge in [-0.1, -0.05) is 23.7 Å². The molecule has 0 aromatic heterocycles. The molecule has 2 aromatic carbocycles. The largest absolute Gasteiger partial charge is 0.398 e. The molecule has 2 aromatic rings. The summed E-state index contributed by atoms with van der Waals surface area (Å²) in [6.07, 6.45) is 0. The second-order valence-electron chi connectivity index (χ2n) is 3.98. The fourth-order valence-corrected chi connectivity index (χ4v) is 3.48. The van der Waals surface area contributed by atoms with Gasteiger partial charge in [-0.15, -0.1) is 11.8 Å². The number of nitrogens with two attached hydrogens (primary N) is 1. The van der Waals surface area contributed by atoms with Gasteiger partial charge in [-0.2, -0.15) is 0 Å². The van der Waals surface area contributed by atoms with E-state index in [1.807, 2.05) is 12.1 Å². The number of rotatable bonds is 4. The molecule has 0 unspecified atom stereocenters. The van der Waals surface area contributed by atoms with Crippen molar-refractivity contribution in [3.8, 4) is 0 Å². The molecule has 0 radical (unpaired) electrons. The first-order chi connectivity index (χ1) is 9.49. The summed E-state index contributed by atoms with van der Waals surface area (Å²) in [5, 5.41) is 11.5. The highest BCUT2D eigenvalue weighted by Gasteiger charge is 2.15. The maximum absolute atomic E-state index is 10.9. The molecule has 0 aliphatic heterocycles. The number of halogens is 2. The summed E-state index contributed by atoms with van der Waals surface area (Å²) in [5.41, 5.74) is 7.39. The van der Waals surface area contributed by atoms with E-state index in [2.05, 4.69) is 15.9 Å². The van der Waals surface area contributed by atoms with Gasteiger partial charge in [0.15, 0.2) is 0 Å². The molecule has 0 aliphatic rings. The summed E-state index contributed by atoms with van der Waals surface area (Å²) in [6, 6.07) is 10.3. The zero-order valence-electron chi connectivity index (χ0n) is 10.2. The van der Waals surface area contributed by atoms with Crippen LogP contribution in [0.25, 0.3) is 0 Å². The molecular formula is C13H10BrClN2O2S. The van der Waals surface area contributed by atoms with Gasteiger partial charge in [0.05, 0.1) is 9.40 Å². The number of nitro benzene ring substituents is 1. The van der Waals surface area contributed by atoms with Gasteiger partial charge in [0.25, 0.3) is 5.69 Å². The number of nitro groups is 1. The maximum Gasteiger partial charge on any atom is 0.283 e. The van der Waals surface area contributed by atoms with Crippen molar-refractivity contribution in [2.45, 2.75) is 10.6 Å². The minimum atomic E-state index is -0.408. The minimum Gasteiger partial charge on any atom is -0.398 e. The third kappa shape index (κ3) is 3.45. The lowest BCUT2D eigenvalue weighted by Crippen LogP contribution is -1.93. The molecule has 0 fully saturated rings. The number of hydrogen-bond acceptors (Lipinski definition) is 4. The lowest BCUT2D eigenvalue weighted by Gasteiger charge is -2.07. The first-order valence-corrected chi connectivity index (χ1v) is 7.74. The fourth-order valence-electron chi connectivity index (χ4n) is 1.62. The van der Waals surface area contributed by atoms with Crippen LogP contribution in [0.15, 0.2) is 45.8 Å². The lowest BCUT2D eigenvalue weighted by atomic mass is 10.2. The summed E-state index contributed by atoms with van der Waals surface area (Å²) < 4.78 is 0.505. The van der Waals surface area contributed by atoms with E-state index in [0.29, 0.717) is 20.9 Å². The highest BCUT2D eigenvalue weighted by atomic mass is 79.9. The van der Waals surface area contributed by atoms with Crippen molar-refractivity contribution in [2.24, 2.45) is 0 Å². The summed E-state index contributed by atoms with van der Waals surface area (Å²) in [4.78, 5) is 11.4. The second kappa shape index (κ2) is 6.47. The number of benzene rings is 2. The standard InChI is InChI=1S/C13H10BrClN2O2S/c14-13-8(2-1-3-11(13)17(18)19)7-20-12-5-4-9(15)6-10(12)16/h1-6H,7,16H2.